The van der Waals surface area contributed by atoms with Crippen LogP contribution in [0.4, 0.5) is 5.82 Å². The van der Waals surface area contributed by atoms with Crippen molar-refractivity contribution >= 4 is 5.82 Å². The van der Waals surface area contributed by atoms with Gasteiger partial charge in [-0.3, -0.25) is 4.98 Å². The predicted molar refractivity (Wildman–Crippen MR) is 75.0 cm³/mol. The second-order valence-electron chi connectivity index (χ2n) is 5.24. The normalized spacial score (nSPS) is 17.2. The van der Waals surface area contributed by atoms with Crippen LogP contribution in [0, 0.1) is 19.8 Å². The van der Waals surface area contributed by atoms with Gasteiger partial charge in [-0.05, 0) is 52.6 Å². The first-order chi connectivity index (χ1) is 8.70. The highest BCUT2D eigenvalue weighted by Gasteiger charge is 2.21. The van der Waals surface area contributed by atoms with Crippen LogP contribution < -0.4 is 10.2 Å². The maximum absolute atomic E-state index is 4.63. The number of piperidine rings is 1. The van der Waals surface area contributed by atoms with Crippen LogP contribution in [0.5, 0.6) is 0 Å². The molecule has 4 heteroatoms. The van der Waals surface area contributed by atoms with Gasteiger partial charge in [0.25, 0.3) is 0 Å². The smallest absolute Gasteiger partial charge is 0.150 e. The summed E-state index contributed by atoms with van der Waals surface area (Å²) in [5.41, 5.74) is 2.06. The largest absolute Gasteiger partial charge is 0.355 e. The van der Waals surface area contributed by atoms with Crippen LogP contribution in [0.1, 0.15) is 30.7 Å². The number of aryl methyl sites for hydroxylation is 2. The lowest BCUT2D eigenvalue weighted by molar-refractivity contribution is 0.376. The fourth-order valence-corrected chi connectivity index (χ4v) is 2.61. The summed E-state index contributed by atoms with van der Waals surface area (Å²) < 4.78 is 0. The summed E-state index contributed by atoms with van der Waals surface area (Å²) >= 11 is 0. The van der Waals surface area contributed by atoms with Gasteiger partial charge in [0.15, 0.2) is 0 Å². The van der Waals surface area contributed by atoms with Crippen molar-refractivity contribution in [2.75, 3.05) is 31.6 Å². The zero-order valence-corrected chi connectivity index (χ0v) is 11.7. The van der Waals surface area contributed by atoms with Crippen LogP contribution in [0.2, 0.25) is 0 Å². The number of anilines is 1. The van der Waals surface area contributed by atoms with Crippen molar-refractivity contribution < 1.29 is 0 Å². The Labute approximate surface area is 110 Å². The summed E-state index contributed by atoms with van der Waals surface area (Å²) in [6.07, 6.45) is 5.69. The van der Waals surface area contributed by atoms with Gasteiger partial charge in [-0.15, -0.1) is 0 Å². The van der Waals surface area contributed by atoms with E-state index in [1.165, 1.54) is 19.3 Å². The van der Waals surface area contributed by atoms with Crippen molar-refractivity contribution in [1.29, 1.82) is 0 Å². The molecule has 0 bridgehead atoms. The third-order valence-electron chi connectivity index (χ3n) is 3.77. The second kappa shape index (κ2) is 6.14. The monoisotopic (exact) mass is 248 g/mol. The highest BCUT2D eigenvalue weighted by molar-refractivity contribution is 5.43. The molecule has 2 heterocycles. The van der Waals surface area contributed by atoms with E-state index < -0.39 is 0 Å². The molecule has 0 unspecified atom stereocenters. The lowest BCUT2D eigenvalue weighted by Crippen LogP contribution is -2.35. The first-order valence-corrected chi connectivity index (χ1v) is 6.90. The summed E-state index contributed by atoms with van der Waals surface area (Å²) in [6.45, 7) is 7.43. The Balaban J connectivity index is 1.94. The maximum Gasteiger partial charge on any atom is 0.150 e. The molecule has 100 valence electrons. The third kappa shape index (κ3) is 3.19. The molecule has 0 atom stereocenters. The minimum atomic E-state index is 0.867. The van der Waals surface area contributed by atoms with Crippen molar-refractivity contribution in [2.24, 2.45) is 5.92 Å². The molecule has 0 aromatic carbocycles. The van der Waals surface area contributed by atoms with Crippen LogP contribution in [0.15, 0.2) is 6.20 Å². The quantitative estimate of drug-likeness (QED) is 0.884. The lowest BCUT2D eigenvalue weighted by Gasteiger charge is -2.33. The molecule has 4 nitrogen and oxygen atoms in total. The molecule has 1 saturated heterocycles. The van der Waals surface area contributed by atoms with Crippen LogP contribution in [0.25, 0.3) is 0 Å². The second-order valence-corrected chi connectivity index (χ2v) is 5.24. The average molecular weight is 248 g/mol. The van der Waals surface area contributed by atoms with Gasteiger partial charge < -0.3 is 10.2 Å². The SMILES string of the molecule is CNCCC1CCN(c2nc(C)cnc2C)CC1. The Morgan fingerprint density at radius 1 is 1.33 bits per heavy atom. The summed E-state index contributed by atoms with van der Waals surface area (Å²) in [6, 6.07) is 0. The topological polar surface area (TPSA) is 41.0 Å². The first kappa shape index (κ1) is 13.3. The number of aromatic nitrogens is 2. The number of hydrogen-bond donors (Lipinski definition) is 1. The standard InChI is InChI=1S/C14H24N4/c1-11-10-16-12(2)14(17-11)18-8-5-13(6-9-18)4-7-15-3/h10,13,15H,4-9H2,1-3H3. The summed E-state index contributed by atoms with van der Waals surface area (Å²) in [4.78, 5) is 11.4. The van der Waals surface area contributed by atoms with Gasteiger partial charge in [0, 0.05) is 19.3 Å². The number of hydrogen-bond acceptors (Lipinski definition) is 4. The van der Waals surface area contributed by atoms with E-state index in [9.17, 15) is 0 Å². The van der Waals surface area contributed by atoms with Gasteiger partial charge in [-0.2, -0.15) is 0 Å². The van der Waals surface area contributed by atoms with E-state index in [1.807, 2.05) is 20.2 Å². The lowest BCUT2D eigenvalue weighted by atomic mass is 9.93. The molecule has 1 aliphatic rings. The number of nitrogens with zero attached hydrogens (tertiary/aromatic N) is 3. The number of nitrogens with one attached hydrogen (secondary N) is 1. The van der Waals surface area contributed by atoms with Crippen molar-refractivity contribution in [3.05, 3.63) is 17.6 Å². The van der Waals surface area contributed by atoms with Gasteiger partial charge in [-0.25, -0.2) is 4.98 Å². The van der Waals surface area contributed by atoms with Crippen LogP contribution in [-0.4, -0.2) is 36.6 Å². The fraction of sp³-hybridized carbons (Fsp3) is 0.714. The van der Waals surface area contributed by atoms with E-state index in [2.05, 4.69) is 27.1 Å². The van der Waals surface area contributed by atoms with E-state index in [4.69, 9.17) is 0 Å². The van der Waals surface area contributed by atoms with E-state index in [-0.39, 0.29) is 0 Å². The van der Waals surface area contributed by atoms with Gasteiger partial charge in [0.2, 0.25) is 0 Å². The highest BCUT2D eigenvalue weighted by Crippen LogP contribution is 2.25. The Morgan fingerprint density at radius 2 is 2.06 bits per heavy atom. The molecule has 1 fully saturated rings. The predicted octanol–water partition coefficient (Wildman–Crippen LogP) is 1.92. The Kier molecular flexibility index (Phi) is 4.53. The molecule has 18 heavy (non-hydrogen) atoms. The molecule has 1 aromatic heterocycles. The molecular weight excluding hydrogens is 224 g/mol. The zero-order valence-electron chi connectivity index (χ0n) is 11.7. The van der Waals surface area contributed by atoms with Crippen LogP contribution in [-0.2, 0) is 0 Å². The van der Waals surface area contributed by atoms with Crippen LogP contribution >= 0.6 is 0 Å². The zero-order chi connectivity index (χ0) is 13.0. The molecule has 1 N–H and O–H groups in total. The van der Waals surface area contributed by atoms with Gasteiger partial charge in [0.1, 0.15) is 5.82 Å². The van der Waals surface area contributed by atoms with E-state index in [0.717, 1.165) is 42.8 Å². The van der Waals surface area contributed by atoms with Gasteiger partial charge >= 0.3 is 0 Å². The molecule has 2 rings (SSSR count). The summed E-state index contributed by atoms with van der Waals surface area (Å²) in [7, 11) is 2.03. The Hall–Kier alpha value is -1.16. The summed E-state index contributed by atoms with van der Waals surface area (Å²) in [5, 5.41) is 3.24. The van der Waals surface area contributed by atoms with Crippen molar-refractivity contribution in [3.63, 3.8) is 0 Å². The van der Waals surface area contributed by atoms with Crippen molar-refractivity contribution in [2.45, 2.75) is 33.1 Å². The molecule has 0 spiro atoms. The Morgan fingerprint density at radius 3 is 2.72 bits per heavy atom. The fourth-order valence-electron chi connectivity index (χ4n) is 2.61. The molecule has 1 aromatic rings. The van der Waals surface area contributed by atoms with Gasteiger partial charge in [0.05, 0.1) is 11.4 Å². The first-order valence-electron chi connectivity index (χ1n) is 6.90. The summed E-state index contributed by atoms with van der Waals surface area (Å²) in [5.74, 6) is 1.95. The van der Waals surface area contributed by atoms with Crippen LogP contribution in [0.3, 0.4) is 0 Å². The highest BCUT2D eigenvalue weighted by atomic mass is 15.2. The van der Waals surface area contributed by atoms with Crippen molar-refractivity contribution in [1.82, 2.24) is 15.3 Å². The van der Waals surface area contributed by atoms with E-state index >= 15 is 0 Å². The molecule has 0 saturated carbocycles. The third-order valence-corrected chi connectivity index (χ3v) is 3.77. The number of rotatable bonds is 4. The Bertz CT molecular complexity index is 383. The van der Waals surface area contributed by atoms with E-state index in [1.54, 1.807) is 0 Å². The molecule has 1 aliphatic heterocycles. The molecular formula is C14H24N4. The molecule has 0 amide bonds. The van der Waals surface area contributed by atoms with Gasteiger partial charge in [-0.1, -0.05) is 0 Å². The van der Waals surface area contributed by atoms with E-state index in [0.29, 0.717) is 0 Å². The average Bonchev–Trinajstić information content (AvgIpc) is 2.40. The molecule has 0 aliphatic carbocycles. The molecule has 0 radical (unpaired) electrons. The maximum atomic E-state index is 4.63. The minimum Gasteiger partial charge on any atom is -0.355 e. The van der Waals surface area contributed by atoms with Crippen molar-refractivity contribution in [3.8, 4) is 0 Å². The minimum absolute atomic E-state index is 0.867.